The fourth-order valence-electron chi connectivity index (χ4n) is 2.56. The molecule has 32 heavy (non-hydrogen) atoms. The molecule has 2 aromatic carbocycles. The SMILES string of the molecule is Nc1ccccc1OCCOCCOCCOCCNc1ccc([N+](=O)[O-])cc1[N+](=O)[O-]. The number of nitrogen functional groups attached to an aromatic ring is 1. The van der Waals surface area contributed by atoms with Gasteiger partial charge in [-0.3, -0.25) is 20.2 Å². The lowest BCUT2D eigenvalue weighted by Gasteiger charge is -2.10. The third-order valence-electron chi connectivity index (χ3n) is 4.10. The quantitative estimate of drug-likeness (QED) is 0.168. The number of nitrogens with zero attached hydrogens (tertiary/aromatic N) is 2. The van der Waals surface area contributed by atoms with E-state index in [4.69, 9.17) is 24.7 Å². The summed E-state index contributed by atoms with van der Waals surface area (Å²) in [4.78, 5) is 20.5. The zero-order chi connectivity index (χ0) is 23.2. The van der Waals surface area contributed by atoms with Crippen LogP contribution in [-0.4, -0.2) is 62.6 Å². The smallest absolute Gasteiger partial charge is 0.299 e. The fourth-order valence-corrected chi connectivity index (χ4v) is 2.56. The maximum absolute atomic E-state index is 11.1. The van der Waals surface area contributed by atoms with E-state index in [9.17, 15) is 20.2 Å². The lowest BCUT2D eigenvalue weighted by molar-refractivity contribution is -0.393. The van der Waals surface area contributed by atoms with E-state index in [-0.39, 0.29) is 23.7 Å². The highest BCUT2D eigenvalue weighted by Gasteiger charge is 2.18. The van der Waals surface area contributed by atoms with Gasteiger partial charge < -0.3 is 30.0 Å². The molecule has 0 aliphatic rings. The summed E-state index contributed by atoms with van der Waals surface area (Å²) in [6.45, 7) is 2.93. The minimum atomic E-state index is -0.681. The van der Waals surface area contributed by atoms with Gasteiger partial charge in [0.2, 0.25) is 0 Å². The number of benzene rings is 2. The monoisotopic (exact) mass is 450 g/mol. The summed E-state index contributed by atoms with van der Waals surface area (Å²) in [5.74, 6) is 0.627. The van der Waals surface area contributed by atoms with Crippen LogP contribution in [0.3, 0.4) is 0 Å². The first-order chi connectivity index (χ1) is 15.5. The van der Waals surface area contributed by atoms with Gasteiger partial charge in [-0.05, 0) is 18.2 Å². The molecule has 0 atom stereocenters. The van der Waals surface area contributed by atoms with Crippen molar-refractivity contribution in [1.29, 1.82) is 0 Å². The Hall–Kier alpha value is -3.48. The van der Waals surface area contributed by atoms with Gasteiger partial charge in [0.15, 0.2) is 0 Å². The minimum absolute atomic E-state index is 0.191. The lowest BCUT2D eigenvalue weighted by Crippen LogP contribution is -2.15. The molecule has 12 nitrogen and oxygen atoms in total. The first-order valence-electron chi connectivity index (χ1n) is 9.86. The van der Waals surface area contributed by atoms with E-state index < -0.39 is 9.85 Å². The molecule has 0 unspecified atom stereocenters. The second-order valence-corrected chi connectivity index (χ2v) is 6.37. The molecule has 174 valence electrons. The Morgan fingerprint density at radius 1 is 0.812 bits per heavy atom. The number of nitrogens with one attached hydrogen (secondary N) is 1. The molecule has 3 N–H and O–H groups in total. The number of non-ortho nitro benzene ring substituents is 1. The Labute approximate surface area is 184 Å². The van der Waals surface area contributed by atoms with Gasteiger partial charge in [0, 0.05) is 12.6 Å². The Bertz CT molecular complexity index is 880. The predicted octanol–water partition coefficient (Wildman–Crippen LogP) is 2.63. The molecule has 0 spiro atoms. The molecule has 0 amide bonds. The lowest BCUT2D eigenvalue weighted by atomic mass is 10.2. The van der Waals surface area contributed by atoms with Gasteiger partial charge in [0.05, 0.1) is 61.2 Å². The standard InChI is InChI=1S/C20H26N4O8/c21-17-3-1-2-4-20(17)32-14-13-31-12-11-30-10-9-29-8-7-22-18-6-5-16(23(25)26)15-19(18)24(27)28/h1-6,15,22H,7-14,21H2. The third-order valence-corrected chi connectivity index (χ3v) is 4.10. The topological polar surface area (TPSA) is 161 Å². The Morgan fingerprint density at radius 2 is 1.44 bits per heavy atom. The van der Waals surface area contributed by atoms with Gasteiger partial charge in [-0.1, -0.05) is 12.1 Å². The van der Waals surface area contributed by atoms with E-state index in [1.54, 1.807) is 12.1 Å². The number of para-hydroxylation sites is 2. The van der Waals surface area contributed by atoms with E-state index in [0.29, 0.717) is 57.6 Å². The van der Waals surface area contributed by atoms with Crippen LogP contribution in [-0.2, 0) is 14.2 Å². The molecule has 0 aliphatic heterocycles. The predicted molar refractivity (Wildman–Crippen MR) is 117 cm³/mol. The van der Waals surface area contributed by atoms with Crippen LogP contribution in [0.15, 0.2) is 42.5 Å². The molecular formula is C20H26N4O8. The van der Waals surface area contributed by atoms with Crippen LogP contribution in [0.1, 0.15) is 0 Å². The highest BCUT2D eigenvalue weighted by Crippen LogP contribution is 2.28. The largest absolute Gasteiger partial charge is 0.489 e. The maximum Gasteiger partial charge on any atom is 0.299 e. The summed E-state index contributed by atoms with van der Waals surface area (Å²) in [6, 6.07) is 10.7. The molecule has 0 saturated carbocycles. The molecule has 2 rings (SSSR count). The van der Waals surface area contributed by atoms with Crippen molar-refractivity contribution in [1.82, 2.24) is 0 Å². The molecular weight excluding hydrogens is 424 g/mol. The summed E-state index contributed by atoms with van der Waals surface area (Å²) in [7, 11) is 0. The van der Waals surface area contributed by atoms with Crippen molar-refractivity contribution in [3.63, 3.8) is 0 Å². The normalized spacial score (nSPS) is 10.6. The zero-order valence-corrected chi connectivity index (χ0v) is 17.4. The minimum Gasteiger partial charge on any atom is -0.489 e. The van der Waals surface area contributed by atoms with Crippen LogP contribution in [0.25, 0.3) is 0 Å². The summed E-state index contributed by atoms with van der Waals surface area (Å²) in [5, 5.41) is 24.6. The molecule has 12 heteroatoms. The van der Waals surface area contributed by atoms with Crippen LogP contribution in [0.2, 0.25) is 0 Å². The van der Waals surface area contributed by atoms with Crippen molar-refractivity contribution in [2.75, 3.05) is 63.8 Å². The molecule has 0 fully saturated rings. The van der Waals surface area contributed by atoms with E-state index in [2.05, 4.69) is 5.32 Å². The van der Waals surface area contributed by atoms with Crippen LogP contribution in [0.4, 0.5) is 22.7 Å². The van der Waals surface area contributed by atoms with Crippen molar-refractivity contribution in [2.45, 2.75) is 0 Å². The second kappa shape index (κ2) is 13.7. The Morgan fingerprint density at radius 3 is 2.06 bits per heavy atom. The number of anilines is 2. The summed E-state index contributed by atoms with van der Waals surface area (Å²) in [5.41, 5.74) is 5.84. The summed E-state index contributed by atoms with van der Waals surface area (Å²) >= 11 is 0. The van der Waals surface area contributed by atoms with E-state index in [0.717, 1.165) is 6.07 Å². The van der Waals surface area contributed by atoms with Gasteiger partial charge in [0.25, 0.3) is 11.4 Å². The van der Waals surface area contributed by atoms with Crippen LogP contribution in [0, 0.1) is 20.2 Å². The third kappa shape index (κ3) is 8.71. The molecule has 0 aliphatic carbocycles. The molecule has 0 bridgehead atoms. The van der Waals surface area contributed by atoms with Crippen molar-refractivity contribution < 1.29 is 28.8 Å². The van der Waals surface area contributed by atoms with Crippen LogP contribution in [0.5, 0.6) is 5.75 Å². The molecule has 2 aromatic rings. The van der Waals surface area contributed by atoms with Gasteiger partial charge >= 0.3 is 0 Å². The number of nitrogens with two attached hydrogens (primary N) is 1. The van der Waals surface area contributed by atoms with Gasteiger partial charge in [-0.2, -0.15) is 0 Å². The summed E-state index contributed by atoms with van der Waals surface area (Å²) in [6.07, 6.45) is 0. The van der Waals surface area contributed by atoms with Gasteiger partial charge in [-0.15, -0.1) is 0 Å². The molecule has 0 aromatic heterocycles. The highest BCUT2D eigenvalue weighted by atomic mass is 16.6. The fraction of sp³-hybridized carbons (Fsp3) is 0.400. The van der Waals surface area contributed by atoms with Gasteiger partial charge in [-0.25, -0.2) is 0 Å². The average Bonchev–Trinajstić information content (AvgIpc) is 2.77. The maximum atomic E-state index is 11.1. The van der Waals surface area contributed by atoms with E-state index in [1.807, 2.05) is 12.1 Å². The average molecular weight is 450 g/mol. The molecule has 0 saturated heterocycles. The second-order valence-electron chi connectivity index (χ2n) is 6.37. The number of nitro groups is 2. The number of nitro benzene ring substituents is 2. The van der Waals surface area contributed by atoms with Crippen molar-refractivity contribution in [2.24, 2.45) is 0 Å². The Balaban J connectivity index is 1.47. The molecule has 0 radical (unpaired) electrons. The van der Waals surface area contributed by atoms with Gasteiger partial charge in [0.1, 0.15) is 18.0 Å². The zero-order valence-electron chi connectivity index (χ0n) is 17.4. The number of rotatable bonds is 16. The number of hydrogen-bond donors (Lipinski definition) is 2. The van der Waals surface area contributed by atoms with E-state index in [1.165, 1.54) is 12.1 Å². The number of ether oxygens (including phenoxy) is 4. The highest BCUT2D eigenvalue weighted by molar-refractivity contribution is 5.65. The summed E-state index contributed by atoms with van der Waals surface area (Å²) < 4.78 is 21.7. The number of hydrogen-bond acceptors (Lipinski definition) is 10. The van der Waals surface area contributed by atoms with Crippen LogP contribution >= 0.6 is 0 Å². The Kier molecular flexibility index (Phi) is 10.6. The first-order valence-corrected chi connectivity index (χ1v) is 9.86. The van der Waals surface area contributed by atoms with Crippen molar-refractivity contribution >= 4 is 22.7 Å². The first kappa shape index (κ1) is 24.8. The van der Waals surface area contributed by atoms with E-state index >= 15 is 0 Å². The van der Waals surface area contributed by atoms with Crippen molar-refractivity contribution in [3.8, 4) is 5.75 Å². The van der Waals surface area contributed by atoms with Crippen LogP contribution < -0.4 is 15.8 Å². The molecule has 0 heterocycles. The van der Waals surface area contributed by atoms with Crippen molar-refractivity contribution in [3.05, 3.63) is 62.7 Å².